The summed E-state index contributed by atoms with van der Waals surface area (Å²) in [5.74, 6) is -0.406. The standard InChI is InChI=1S/C13H10ClN5O3/c1-22-13(20)8-5-16-19(12(8)15)11-6-18(21)10-4-7(14)2-3-9(10)17-11/h2-6H,15H2,1H3. The first-order valence-electron chi connectivity index (χ1n) is 6.13. The van der Waals surface area contributed by atoms with Gasteiger partial charge in [-0.05, 0) is 12.1 Å². The molecule has 22 heavy (non-hydrogen) atoms. The molecule has 3 rings (SSSR count). The second kappa shape index (κ2) is 5.15. The van der Waals surface area contributed by atoms with Crippen molar-refractivity contribution >= 4 is 34.4 Å². The lowest BCUT2D eigenvalue weighted by Gasteiger charge is -2.06. The summed E-state index contributed by atoms with van der Waals surface area (Å²) in [6, 6.07) is 4.73. The van der Waals surface area contributed by atoms with E-state index >= 15 is 0 Å². The molecule has 0 aliphatic rings. The maximum atomic E-state index is 12.1. The summed E-state index contributed by atoms with van der Waals surface area (Å²) in [7, 11) is 1.24. The molecule has 0 bridgehead atoms. The lowest BCUT2D eigenvalue weighted by Crippen LogP contribution is -2.28. The van der Waals surface area contributed by atoms with E-state index in [1.807, 2.05) is 0 Å². The van der Waals surface area contributed by atoms with Crippen molar-refractivity contribution in [1.82, 2.24) is 14.8 Å². The Hall–Kier alpha value is -2.87. The Labute approximate surface area is 129 Å². The van der Waals surface area contributed by atoms with Crippen LogP contribution >= 0.6 is 11.6 Å². The molecule has 0 saturated carbocycles. The van der Waals surface area contributed by atoms with Crippen LogP contribution in [0.2, 0.25) is 5.02 Å². The molecule has 0 spiro atoms. The number of nitrogens with two attached hydrogens (primary N) is 1. The number of hydrogen-bond donors (Lipinski definition) is 1. The summed E-state index contributed by atoms with van der Waals surface area (Å²) in [4.78, 5) is 15.8. The Morgan fingerprint density at radius 3 is 3.00 bits per heavy atom. The number of hydrogen-bond acceptors (Lipinski definition) is 6. The van der Waals surface area contributed by atoms with E-state index in [0.717, 1.165) is 0 Å². The summed E-state index contributed by atoms with van der Waals surface area (Å²) in [5.41, 5.74) is 6.69. The van der Waals surface area contributed by atoms with Crippen molar-refractivity contribution in [3.8, 4) is 5.82 Å². The van der Waals surface area contributed by atoms with Gasteiger partial charge in [0.25, 0.3) is 0 Å². The van der Waals surface area contributed by atoms with Crippen LogP contribution in [0.5, 0.6) is 0 Å². The van der Waals surface area contributed by atoms with Crippen molar-refractivity contribution in [2.75, 3.05) is 12.8 Å². The highest BCUT2D eigenvalue weighted by Gasteiger charge is 2.19. The molecule has 2 N–H and O–H groups in total. The first-order chi connectivity index (χ1) is 10.5. The van der Waals surface area contributed by atoms with Gasteiger partial charge < -0.3 is 15.7 Å². The monoisotopic (exact) mass is 319 g/mol. The van der Waals surface area contributed by atoms with Crippen molar-refractivity contribution in [3.05, 3.63) is 46.4 Å². The number of aromatic nitrogens is 4. The summed E-state index contributed by atoms with van der Waals surface area (Å²) in [6.07, 6.45) is 2.45. The molecule has 0 atom stereocenters. The Bertz CT molecular complexity index is 893. The zero-order valence-electron chi connectivity index (χ0n) is 11.4. The third kappa shape index (κ3) is 2.19. The minimum absolute atomic E-state index is 0.0349. The average molecular weight is 320 g/mol. The zero-order chi connectivity index (χ0) is 15.9. The number of benzene rings is 1. The van der Waals surface area contributed by atoms with Gasteiger partial charge in [0.15, 0.2) is 0 Å². The minimum Gasteiger partial charge on any atom is -0.618 e. The van der Waals surface area contributed by atoms with E-state index in [2.05, 4.69) is 14.8 Å². The second-order valence-corrected chi connectivity index (χ2v) is 4.84. The number of nitrogens with zero attached hydrogens (tertiary/aromatic N) is 4. The number of carbonyl (C=O) groups is 1. The van der Waals surface area contributed by atoms with E-state index in [1.54, 1.807) is 12.1 Å². The smallest absolute Gasteiger partial charge is 0.343 e. The summed E-state index contributed by atoms with van der Waals surface area (Å²) in [6.45, 7) is 0. The van der Waals surface area contributed by atoms with Gasteiger partial charge >= 0.3 is 5.97 Å². The number of esters is 1. The number of ether oxygens (including phenoxy) is 1. The molecule has 9 heteroatoms. The number of anilines is 1. The van der Waals surface area contributed by atoms with E-state index in [0.29, 0.717) is 20.8 Å². The molecule has 0 fully saturated rings. The van der Waals surface area contributed by atoms with Gasteiger partial charge in [-0.2, -0.15) is 14.5 Å². The Morgan fingerprint density at radius 2 is 2.27 bits per heavy atom. The highest BCUT2D eigenvalue weighted by molar-refractivity contribution is 6.31. The number of methoxy groups -OCH3 is 1. The molecule has 0 radical (unpaired) electrons. The second-order valence-electron chi connectivity index (χ2n) is 4.40. The van der Waals surface area contributed by atoms with Crippen molar-refractivity contribution in [2.24, 2.45) is 0 Å². The molecule has 0 saturated heterocycles. The highest BCUT2D eigenvalue weighted by atomic mass is 35.5. The highest BCUT2D eigenvalue weighted by Crippen LogP contribution is 2.19. The summed E-state index contributed by atoms with van der Waals surface area (Å²) >= 11 is 5.86. The third-order valence-corrected chi connectivity index (χ3v) is 3.31. The molecule has 0 unspecified atom stereocenters. The fourth-order valence-electron chi connectivity index (χ4n) is 2.00. The largest absolute Gasteiger partial charge is 0.618 e. The number of carbonyl (C=O) groups excluding carboxylic acids is 1. The SMILES string of the molecule is COC(=O)c1cnn(-c2c[n+]([O-])c3cc(Cl)ccc3n2)c1N. The molecule has 0 aliphatic heterocycles. The van der Waals surface area contributed by atoms with Gasteiger partial charge in [0.05, 0.1) is 13.3 Å². The van der Waals surface area contributed by atoms with E-state index in [9.17, 15) is 10.0 Å². The van der Waals surface area contributed by atoms with Crippen molar-refractivity contribution in [3.63, 3.8) is 0 Å². The van der Waals surface area contributed by atoms with E-state index in [4.69, 9.17) is 17.3 Å². The maximum Gasteiger partial charge on any atom is 0.343 e. The Morgan fingerprint density at radius 1 is 1.50 bits per heavy atom. The number of rotatable bonds is 2. The van der Waals surface area contributed by atoms with Crippen LogP contribution in [0.25, 0.3) is 16.9 Å². The molecular formula is C13H10ClN5O3. The van der Waals surface area contributed by atoms with Crippen molar-refractivity contribution < 1.29 is 14.3 Å². The van der Waals surface area contributed by atoms with Crippen molar-refractivity contribution in [1.29, 1.82) is 0 Å². The zero-order valence-corrected chi connectivity index (χ0v) is 12.1. The third-order valence-electron chi connectivity index (χ3n) is 3.07. The van der Waals surface area contributed by atoms with Crippen LogP contribution in [-0.4, -0.2) is 27.8 Å². The van der Waals surface area contributed by atoms with Crippen LogP contribution in [0.3, 0.4) is 0 Å². The van der Waals surface area contributed by atoms with Crippen LogP contribution in [0, 0.1) is 5.21 Å². The normalized spacial score (nSPS) is 10.8. The van der Waals surface area contributed by atoms with Crippen LogP contribution in [0.4, 0.5) is 5.82 Å². The van der Waals surface area contributed by atoms with Crippen LogP contribution < -0.4 is 10.5 Å². The Balaban J connectivity index is 2.17. The lowest BCUT2D eigenvalue weighted by molar-refractivity contribution is -0.577. The van der Waals surface area contributed by atoms with Crippen molar-refractivity contribution in [2.45, 2.75) is 0 Å². The molecule has 2 aromatic heterocycles. The van der Waals surface area contributed by atoms with Gasteiger partial charge in [-0.1, -0.05) is 11.6 Å². The average Bonchev–Trinajstić information content (AvgIpc) is 2.89. The quantitative estimate of drug-likeness (QED) is 0.430. The molecule has 1 aromatic carbocycles. The van der Waals surface area contributed by atoms with Gasteiger partial charge in [-0.3, -0.25) is 0 Å². The molecule has 0 aliphatic carbocycles. The Kier molecular flexibility index (Phi) is 3.30. The topological polar surface area (TPSA) is 110 Å². The van der Waals surface area contributed by atoms with Gasteiger partial charge in [-0.15, -0.1) is 0 Å². The first kappa shape index (κ1) is 14.1. The van der Waals surface area contributed by atoms with Gasteiger partial charge in [0.1, 0.15) is 16.9 Å². The lowest BCUT2D eigenvalue weighted by atomic mass is 10.3. The van der Waals surface area contributed by atoms with E-state index in [-0.39, 0.29) is 17.2 Å². The van der Waals surface area contributed by atoms with Gasteiger partial charge in [-0.25, -0.2) is 9.78 Å². The summed E-state index contributed by atoms with van der Waals surface area (Å²) < 4.78 is 6.40. The van der Waals surface area contributed by atoms with E-state index < -0.39 is 5.97 Å². The molecule has 8 nitrogen and oxygen atoms in total. The van der Waals surface area contributed by atoms with Gasteiger partial charge in [0, 0.05) is 11.1 Å². The fourth-order valence-corrected chi connectivity index (χ4v) is 2.17. The minimum atomic E-state index is -0.619. The molecule has 0 amide bonds. The molecule has 3 aromatic rings. The fraction of sp³-hybridized carbons (Fsp3) is 0.0769. The predicted octanol–water partition coefficient (Wildman–Crippen LogP) is 1.08. The van der Waals surface area contributed by atoms with Crippen LogP contribution in [0.1, 0.15) is 10.4 Å². The molecule has 2 heterocycles. The van der Waals surface area contributed by atoms with Gasteiger partial charge in [0.2, 0.25) is 17.5 Å². The number of nitrogen functional groups attached to an aromatic ring is 1. The maximum absolute atomic E-state index is 12.1. The number of halogens is 1. The molecule has 112 valence electrons. The first-order valence-corrected chi connectivity index (χ1v) is 6.50. The van der Waals surface area contributed by atoms with Crippen LogP contribution in [0.15, 0.2) is 30.6 Å². The summed E-state index contributed by atoms with van der Waals surface area (Å²) in [5, 5.41) is 16.5. The molecular weight excluding hydrogens is 310 g/mol. The van der Waals surface area contributed by atoms with Crippen LogP contribution in [-0.2, 0) is 4.74 Å². The van der Waals surface area contributed by atoms with E-state index in [1.165, 1.54) is 30.3 Å². The predicted molar refractivity (Wildman–Crippen MR) is 78.6 cm³/mol. The number of fused-ring (bicyclic) bond motifs is 1.